The predicted molar refractivity (Wildman–Crippen MR) is 67.4 cm³/mol. The first-order valence-corrected chi connectivity index (χ1v) is 6.05. The largest absolute Gasteiger partial charge is 0.481 e. The number of carboxylic acid groups (broad SMARTS) is 1. The van der Waals surface area contributed by atoms with E-state index in [0.717, 1.165) is 5.69 Å². The summed E-state index contributed by atoms with van der Waals surface area (Å²) in [4.78, 5) is 12.4. The monoisotopic (exact) mass is 264 g/mol. The molecule has 0 aliphatic rings. The van der Waals surface area contributed by atoms with Crippen LogP contribution in [-0.4, -0.2) is 34.7 Å². The molecule has 2 rings (SSSR count). The van der Waals surface area contributed by atoms with E-state index in [9.17, 15) is 4.79 Å². The van der Waals surface area contributed by atoms with E-state index in [1.54, 1.807) is 18.4 Å². The van der Waals surface area contributed by atoms with Crippen LogP contribution in [0.15, 0.2) is 33.4 Å². The van der Waals surface area contributed by atoms with Crippen LogP contribution in [0.3, 0.4) is 0 Å². The molecule has 19 heavy (non-hydrogen) atoms. The molecule has 0 spiro atoms. The third-order valence-electron chi connectivity index (χ3n) is 2.69. The Morgan fingerprint density at radius 1 is 1.47 bits per heavy atom. The van der Waals surface area contributed by atoms with E-state index < -0.39 is 5.97 Å². The molecule has 2 heterocycles. The molecular formula is C13H16N2O4. The van der Waals surface area contributed by atoms with Crippen LogP contribution in [0.5, 0.6) is 0 Å². The van der Waals surface area contributed by atoms with E-state index in [1.165, 1.54) is 0 Å². The highest BCUT2D eigenvalue weighted by atomic mass is 16.5. The van der Waals surface area contributed by atoms with Crippen molar-refractivity contribution in [2.45, 2.75) is 19.4 Å². The van der Waals surface area contributed by atoms with E-state index in [2.05, 4.69) is 5.16 Å². The first-order chi connectivity index (χ1) is 9.15. The van der Waals surface area contributed by atoms with Crippen molar-refractivity contribution in [3.63, 3.8) is 0 Å². The topological polar surface area (TPSA) is 79.7 Å². The van der Waals surface area contributed by atoms with Gasteiger partial charge in [0.25, 0.3) is 0 Å². The third kappa shape index (κ3) is 3.96. The van der Waals surface area contributed by atoms with Gasteiger partial charge in [0, 0.05) is 19.0 Å². The Balaban J connectivity index is 1.84. The Morgan fingerprint density at radius 2 is 2.32 bits per heavy atom. The van der Waals surface area contributed by atoms with Crippen molar-refractivity contribution < 1.29 is 18.8 Å². The lowest BCUT2D eigenvalue weighted by molar-refractivity contribution is -0.137. The van der Waals surface area contributed by atoms with Crippen molar-refractivity contribution in [2.75, 3.05) is 13.6 Å². The second-order valence-electron chi connectivity index (χ2n) is 4.39. The molecule has 0 atom stereocenters. The second-order valence-corrected chi connectivity index (χ2v) is 4.39. The highest BCUT2D eigenvalue weighted by molar-refractivity contribution is 5.66. The van der Waals surface area contributed by atoms with Gasteiger partial charge in [0.15, 0.2) is 5.76 Å². The van der Waals surface area contributed by atoms with E-state index in [0.29, 0.717) is 31.0 Å². The summed E-state index contributed by atoms with van der Waals surface area (Å²) in [6.45, 7) is 1.32. The lowest BCUT2D eigenvalue weighted by Crippen LogP contribution is -2.19. The molecule has 0 amide bonds. The number of hydrogen-bond donors (Lipinski definition) is 1. The van der Waals surface area contributed by atoms with Gasteiger partial charge in [0.05, 0.1) is 12.0 Å². The van der Waals surface area contributed by atoms with Gasteiger partial charge in [-0.05, 0) is 32.1 Å². The Hall–Kier alpha value is -2.08. The van der Waals surface area contributed by atoms with Gasteiger partial charge in [0.1, 0.15) is 0 Å². The number of nitrogens with zero attached hydrogens (tertiary/aromatic N) is 2. The minimum Gasteiger partial charge on any atom is -0.481 e. The molecule has 0 radical (unpaired) electrons. The predicted octanol–water partition coefficient (Wildman–Crippen LogP) is 2.23. The molecule has 0 fully saturated rings. The minimum absolute atomic E-state index is 0.181. The molecule has 6 nitrogen and oxygen atoms in total. The SMILES string of the molecule is CN(CCCC(=O)O)Cc1cc(-c2ccco2)on1. The maximum atomic E-state index is 10.4. The summed E-state index contributed by atoms with van der Waals surface area (Å²) < 4.78 is 10.4. The average Bonchev–Trinajstić information content (AvgIpc) is 2.97. The molecule has 1 N–H and O–H groups in total. The summed E-state index contributed by atoms with van der Waals surface area (Å²) in [6.07, 6.45) is 2.38. The van der Waals surface area contributed by atoms with Crippen LogP contribution in [-0.2, 0) is 11.3 Å². The lowest BCUT2D eigenvalue weighted by Gasteiger charge is -2.13. The summed E-state index contributed by atoms with van der Waals surface area (Å²) in [5.74, 6) is 0.473. The van der Waals surface area contributed by atoms with Crippen LogP contribution in [0.25, 0.3) is 11.5 Å². The van der Waals surface area contributed by atoms with Crippen molar-refractivity contribution in [2.24, 2.45) is 0 Å². The van der Waals surface area contributed by atoms with Gasteiger partial charge in [0.2, 0.25) is 5.76 Å². The number of carboxylic acids is 1. The van der Waals surface area contributed by atoms with Gasteiger partial charge >= 0.3 is 5.97 Å². The van der Waals surface area contributed by atoms with Gasteiger partial charge < -0.3 is 18.9 Å². The standard InChI is InChI=1S/C13H16N2O4/c1-15(6-2-5-13(16)17)9-10-8-12(19-14-10)11-4-3-7-18-11/h3-4,7-8H,2,5-6,9H2,1H3,(H,16,17). The fraction of sp³-hybridized carbons (Fsp3) is 0.385. The molecule has 0 saturated carbocycles. The van der Waals surface area contributed by atoms with Crippen LogP contribution in [0.4, 0.5) is 0 Å². The first kappa shape index (κ1) is 13.4. The third-order valence-corrected chi connectivity index (χ3v) is 2.69. The van der Waals surface area contributed by atoms with Gasteiger partial charge in [-0.1, -0.05) is 5.16 Å². The van der Waals surface area contributed by atoms with Gasteiger partial charge in [-0.2, -0.15) is 0 Å². The Labute approximate surface area is 110 Å². The van der Waals surface area contributed by atoms with E-state index in [4.69, 9.17) is 14.0 Å². The zero-order chi connectivity index (χ0) is 13.7. The van der Waals surface area contributed by atoms with E-state index in [-0.39, 0.29) is 6.42 Å². The smallest absolute Gasteiger partial charge is 0.303 e. The quantitative estimate of drug-likeness (QED) is 0.826. The summed E-state index contributed by atoms with van der Waals surface area (Å²) in [6, 6.07) is 5.42. The fourth-order valence-electron chi connectivity index (χ4n) is 1.78. The number of rotatable bonds is 7. The summed E-state index contributed by atoms with van der Waals surface area (Å²) in [5, 5.41) is 12.5. The number of aliphatic carboxylic acids is 1. The highest BCUT2D eigenvalue weighted by Crippen LogP contribution is 2.20. The van der Waals surface area contributed by atoms with Gasteiger partial charge in [-0.15, -0.1) is 0 Å². The molecule has 2 aromatic heterocycles. The van der Waals surface area contributed by atoms with E-state index in [1.807, 2.05) is 18.0 Å². The molecule has 0 saturated heterocycles. The second kappa shape index (κ2) is 6.19. The molecule has 0 aliphatic heterocycles. The molecule has 0 aliphatic carbocycles. The molecule has 0 aromatic carbocycles. The van der Waals surface area contributed by atoms with Crippen LogP contribution in [0.1, 0.15) is 18.5 Å². The van der Waals surface area contributed by atoms with Crippen molar-refractivity contribution in [1.82, 2.24) is 10.1 Å². The Morgan fingerprint density at radius 3 is 3.00 bits per heavy atom. The molecule has 102 valence electrons. The molecule has 0 unspecified atom stereocenters. The number of hydrogen-bond acceptors (Lipinski definition) is 5. The van der Waals surface area contributed by atoms with Gasteiger partial charge in [-0.3, -0.25) is 4.79 Å². The van der Waals surface area contributed by atoms with Crippen molar-refractivity contribution in [1.29, 1.82) is 0 Å². The molecule has 2 aromatic rings. The zero-order valence-electron chi connectivity index (χ0n) is 10.7. The van der Waals surface area contributed by atoms with E-state index >= 15 is 0 Å². The fourth-order valence-corrected chi connectivity index (χ4v) is 1.78. The minimum atomic E-state index is -0.769. The van der Waals surface area contributed by atoms with Crippen LogP contribution < -0.4 is 0 Å². The van der Waals surface area contributed by atoms with Gasteiger partial charge in [-0.25, -0.2) is 0 Å². The molecule has 0 bridgehead atoms. The summed E-state index contributed by atoms with van der Waals surface area (Å²) >= 11 is 0. The lowest BCUT2D eigenvalue weighted by atomic mass is 10.2. The average molecular weight is 264 g/mol. The van der Waals surface area contributed by atoms with Crippen LogP contribution in [0, 0.1) is 0 Å². The molecule has 6 heteroatoms. The number of carbonyl (C=O) groups is 1. The Bertz CT molecular complexity index is 518. The number of aromatic nitrogens is 1. The highest BCUT2D eigenvalue weighted by Gasteiger charge is 2.10. The van der Waals surface area contributed by atoms with Crippen molar-refractivity contribution >= 4 is 5.97 Å². The van der Waals surface area contributed by atoms with Crippen molar-refractivity contribution in [3.8, 4) is 11.5 Å². The maximum Gasteiger partial charge on any atom is 0.303 e. The Kier molecular flexibility index (Phi) is 4.35. The zero-order valence-corrected chi connectivity index (χ0v) is 10.7. The maximum absolute atomic E-state index is 10.4. The van der Waals surface area contributed by atoms with Crippen molar-refractivity contribution in [3.05, 3.63) is 30.2 Å². The first-order valence-electron chi connectivity index (χ1n) is 6.05. The summed E-state index contributed by atoms with van der Waals surface area (Å²) in [7, 11) is 1.92. The normalized spacial score (nSPS) is 11.1. The van der Waals surface area contributed by atoms with Crippen LogP contribution >= 0.6 is 0 Å². The van der Waals surface area contributed by atoms with Crippen LogP contribution in [0.2, 0.25) is 0 Å². The number of furan rings is 1. The molecular weight excluding hydrogens is 248 g/mol. The summed E-state index contributed by atoms with van der Waals surface area (Å²) in [5.41, 5.74) is 0.796.